The van der Waals surface area contributed by atoms with E-state index in [9.17, 15) is 4.79 Å². The summed E-state index contributed by atoms with van der Waals surface area (Å²) in [5.74, 6) is 0.0231. The van der Waals surface area contributed by atoms with Crippen molar-refractivity contribution in [3.05, 3.63) is 65.0 Å². The number of benzene rings is 1. The third-order valence-corrected chi connectivity index (χ3v) is 4.37. The first-order chi connectivity index (χ1) is 12.0. The summed E-state index contributed by atoms with van der Waals surface area (Å²) in [6.45, 7) is 0.989. The number of hydrogen-bond donors (Lipinski definition) is 0. The molecule has 0 radical (unpaired) electrons. The Hall–Kier alpha value is -2.59. The minimum absolute atomic E-state index is 0.0231. The minimum Gasteiger partial charge on any atom is -0.345 e. The monoisotopic (exact) mass is 335 g/mol. The summed E-state index contributed by atoms with van der Waals surface area (Å²) in [6.07, 6.45) is 9.29. The normalized spacial score (nSPS) is 14.4. The first-order valence-corrected chi connectivity index (χ1v) is 8.54. The van der Waals surface area contributed by atoms with Crippen LogP contribution in [0.1, 0.15) is 33.6 Å². The van der Waals surface area contributed by atoms with E-state index in [0.29, 0.717) is 5.56 Å². The van der Waals surface area contributed by atoms with Crippen molar-refractivity contribution < 1.29 is 4.79 Å². The molecular weight excluding hydrogens is 310 g/mol. The SMILES string of the molecule is CN(C)CCC=C1c2ccccc2C=Cn2cc(C(=O)N(C)C)cc21. The highest BCUT2D eigenvalue weighted by Crippen LogP contribution is 2.32. The van der Waals surface area contributed by atoms with Crippen LogP contribution in [0.15, 0.2) is 42.6 Å². The second kappa shape index (κ2) is 7.11. The molecule has 0 N–H and O–H groups in total. The van der Waals surface area contributed by atoms with Gasteiger partial charge in [0.1, 0.15) is 0 Å². The summed E-state index contributed by atoms with van der Waals surface area (Å²) in [5.41, 5.74) is 5.36. The highest BCUT2D eigenvalue weighted by Gasteiger charge is 2.19. The number of hydrogen-bond acceptors (Lipinski definition) is 2. The van der Waals surface area contributed by atoms with Crippen LogP contribution in [0.25, 0.3) is 17.8 Å². The fourth-order valence-electron chi connectivity index (χ4n) is 3.06. The van der Waals surface area contributed by atoms with Crippen molar-refractivity contribution in [1.29, 1.82) is 0 Å². The topological polar surface area (TPSA) is 28.5 Å². The van der Waals surface area contributed by atoms with E-state index in [4.69, 9.17) is 0 Å². The number of amides is 1. The molecule has 25 heavy (non-hydrogen) atoms. The number of carbonyl (C=O) groups is 1. The summed E-state index contributed by atoms with van der Waals surface area (Å²) < 4.78 is 2.05. The van der Waals surface area contributed by atoms with E-state index >= 15 is 0 Å². The first kappa shape index (κ1) is 17.2. The molecule has 0 spiro atoms. The number of rotatable bonds is 4. The van der Waals surface area contributed by atoms with Crippen LogP contribution < -0.4 is 0 Å². The molecule has 4 heteroatoms. The number of nitrogens with zero attached hydrogens (tertiary/aromatic N) is 3. The zero-order valence-electron chi connectivity index (χ0n) is 15.4. The van der Waals surface area contributed by atoms with Crippen molar-refractivity contribution in [1.82, 2.24) is 14.4 Å². The van der Waals surface area contributed by atoms with Crippen molar-refractivity contribution in [2.75, 3.05) is 34.7 Å². The average Bonchev–Trinajstić information content (AvgIpc) is 2.94. The van der Waals surface area contributed by atoms with Crippen molar-refractivity contribution in [2.45, 2.75) is 6.42 Å². The lowest BCUT2D eigenvalue weighted by atomic mass is 9.96. The Bertz CT molecular complexity index is 841. The molecule has 0 saturated heterocycles. The Morgan fingerprint density at radius 2 is 1.92 bits per heavy atom. The molecule has 130 valence electrons. The molecule has 0 atom stereocenters. The van der Waals surface area contributed by atoms with Gasteiger partial charge in [0, 0.05) is 38.6 Å². The molecule has 4 nitrogen and oxygen atoms in total. The molecular formula is C21H25N3O. The molecule has 0 saturated carbocycles. The molecule has 0 aliphatic carbocycles. The fraction of sp³-hybridized carbons (Fsp3) is 0.286. The van der Waals surface area contributed by atoms with Gasteiger partial charge < -0.3 is 14.4 Å². The lowest BCUT2D eigenvalue weighted by Crippen LogP contribution is -2.21. The van der Waals surface area contributed by atoms with Crippen molar-refractivity contribution >= 4 is 23.8 Å². The van der Waals surface area contributed by atoms with E-state index in [-0.39, 0.29) is 5.91 Å². The zero-order chi connectivity index (χ0) is 18.0. The first-order valence-electron chi connectivity index (χ1n) is 8.54. The van der Waals surface area contributed by atoms with Crippen LogP contribution in [-0.4, -0.2) is 55.0 Å². The summed E-state index contributed by atoms with van der Waals surface area (Å²) in [6, 6.07) is 10.4. The van der Waals surface area contributed by atoms with E-state index in [1.807, 2.05) is 18.5 Å². The number of carbonyl (C=O) groups excluding carboxylic acids is 1. The Kier molecular flexibility index (Phi) is 4.91. The van der Waals surface area contributed by atoms with Crippen LogP contribution in [0.5, 0.6) is 0 Å². The van der Waals surface area contributed by atoms with Crippen LogP contribution in [0, 0.1) is 0 Å². The molecule has 2 heterocycles. The van der Waals surface area contributed by atoms with Gasteiger partial charge in [-0.05, 0) is 43.8 Å². The van der Waals surface area contributed by atoms with Crippen molar-refractivity contribution in [3.63, 3.8) is 0 Å². The molecule has 3 rings (SSSR count). The quantitative estimate of drug-likeness (QED) is 0.730. The number of fused-ring (bicyclic) bond motifs is 2. The predicted octanol–water partition coefficient (Wildman–Crippen LogP) is 3.51. The van der Waals surface area contributed by atoms with Gasteiger partial charge >= 0.3 is 0 Å². The third-order valence-electron chi connectivity index (χ3n) is 4.37. The van der Waals surface area contributed by atoms with Gasteiger partial charge in [0.05, 0.1) is 11.3 Å². The van der Waals surface area contributed by atoms with E-state index in [2.05, 4.69) is 60.0 Å². The maximum Gasteiger partial charge on any atom is 0.254 e. The van der Waals surface area contributed by atoms with Gasteiger partial charge in [0.25, 0.3) is 5.91 Å². The molecule has 1 aliphatic heterocycles. The third kappa shape index (κ3) is 3.59. The Balaban J connectivity index is 2.09. The van der Waals surface area contributed by atoms with Gasteiger partial charge in [0.15, 0.2) is 0 Å². The maximum atomic E-state index is 12.4. The van der Waals surface area contributed by atoms with Crippen molar-refractivity contribution in [2.24, 2.45) is 0 Å². The van der Waals surface area contributed by atoms with Gasteiger partial charge in [-0.3, -0.25) is 4.79 Å². The van der Waals surface area contributed by atoms with Gasteiger partial charge in [0.2, 0.25) is 0 Å². The van der Waals surface area contributed by atoms with Crippen LogP contribution >= 0.6 is 0 Å². The highest BCUT2D eigenvalue weighted by molar-refractivity contribution is 5.97. The molecule has 0 fully saturated rings. The van der Waals surface area contributed by atoms with Gasteiger partial charge in [-0.25, -0.2) is 0 Å². The van der Waals surface area contributed by atoms with E-state index in [1.165, 1.54) is 16.7 Å². The fourth-order valence-corrected chi connectivity index (χ4v) is 3.06. The van der Waals surface area contributed by atoms with Crippen LogP contribution in [0.2, 0.25) is 0 Å². The highest BCUT2D eigenvalue weighted by atomic mass is 16.2. The molecule has 1 aliphatic rings. The largest absolute Gasteiger partial charge is 0.345 e. The van der Waals surface area contributed by atoms with Crippen LogP contribution in [0.4, 0.5) is 0 Å². The van der Waals surface area contributed by atoms with Crippen LogP contribution in [-0.2, 0) is 0 Å². The number of aromatic nitrogens is 1. The van der Waals surface area contributed by atoms with Gasteiger partial charge in [-0.2, -0.15) is 0 Å². The lowest BCUT2D eigenvalue weighted by molar-refractivity contribution is 0.0827. The summed E-state index contributed by atoms with van der Waals surface area (Å²) in [5, 5.41) is 0. The second-order valence-electron chi connectivity index (χ2n) is 6.83. The zero-order valence-corrected chi connectivity index (χ0v) is 15.4. The second-order valence-corrected chi connectivity index (χ2v) is 6.83. The molecule has 0 unspecified atom stereocenters. The Morgan fingerprint density at radius 1 is 1.16 bits per heavy atom. The predicted molar refractivity (Wildman–Crippen MR) is 104 cm³/mol. The standard InChI is InChI=1S/C21H25N3O/c1-22(2)12-7-10-19-18-9-6-5-8-16(18)11-13-24-15-17(14-20(19)24)21(25)23(3)4/h5-6,8-11,13-15H,7,12H2,1-4H3. The molecule has 1 aromatic carbocycles. The van der Waals surface area contributed by atoms with Crippen LogP contribution in [0.3, 0.4) is 0 Å². The maximum absolute atomic E-state index is 12.4. The van der Waals surface area contributed by atoms with E-state index in [1.54, 1.807) is 19.0 Å². The minimum atomic E-state index is 0.0231. The lowest BCUT2D eigenvalue weighted by Gasteiger charge is -2.12. The molecule has 0 bridgehead atoms. The van der Waals surface area contributed by atoms with Gasteiger partial charge in [-0.1, -0.05) is 30.3 Å². The Morgan fingerprint density at radius 3 is 2.64 bits per heavy atom. The summed E-state index contributed by atoms with van der Waals surface area (Å²) in [7, 11) is 7.73. The summed E-state index contributed by atoms with van der Waals surface area (Å²) >= 11 is 0. The Labute approximate surface area is 149 Å². The van der Waals surface area contributed by atoms with Gasteiger partial charge in [-0.15, -0.1) is 0 Å². The average molecular weight is 335 g/mol. The van der Waals surface area contributed by atoms with E-state index < -0.39 is 0 Å². The summed E-state index contributed by atoms with van der Waals surface area (Å²) in [4.78, 5) is 16.2. The van der Waals surface area contributed by atoms with Crippen molar-refractivity contribution in [3.8, 4) is 0 Å². The van der Waals surface area contributed by atoms with E-state index in [0.717, 1.165) is 18.7 Å². The molecule has 1 aromatic heterocycles. The molecule has 1 amide bonds. The smallest absolute Gasteiger partial charge is 0.254 e. The molecule has 2 aromatic rings.